The molecule has 0 radical (unpaired) electrons. The van der Waals surface area contributed by atoms with E-state index in [1.165, 1.54) is 0 Å². The van der Waals surface area contributed by atoms with Crippen LogP contribution in [0.2, 0.25) is 5.02 Å². The molecule has 0 aromatic heterocycles. The highest BCUT2D eigenvalue weighted by molar-refractivity contribution is 9.08. The molecule has 1 nitrogen and oxygen atoms in total. The van der Waals surface area contributed by atoms with Gasteiger partial charge in [0.15, 0.2) is 0 Å². The van der Waals surface area contributed by atoms with Crippen molar-refractivity contribution in [3.8, 4) is 17.2 Å². The standard InChI is InChI=1S/C14H9BrClN/c15-8-10-5-6-13(14(16)7-10)12-4-2-1-3-11(12)9-17/h1-7H,8H2. The van der Waals surface area contributed by atoms with Gasteiger partial charge in [0.2, 0.25) is 0 Å². The van der Waals surface area contributed by atoms with E-state index in [1.807, 2.05) is 36.4 Å². The van der Waals surface area contributed by atoms with E-state index in [1.54, 1.807) is 6.07 Å². The minimum atomic E-state index is 0.640. The summed E-state index contributed by atoms with van der Waals surface area (Å²) in [7, 11) is 0. The molecule has 2 aromatic carbocycles. The Morgan fingerprint density at radius 2 is 1.88 bits per heavy atom. The van der Waals surface area contributed by atoms with Crippen molar-refractivity contribution in [2.75, 3.05) is 0 Å². The van der Waals surface area contributed by atoms with E-state index in [4.69, 9.17) is 16.9 Å². The number of nitriles is 1. The first-order chi connectivity index (χ1) is 8.26. The maximum Gasteiger partial charge on any atom is 0.0998 e. The van der Waals surface area contributed by atoms with Crippen LogP contribution in [0, 0.1) is 11.3 Å². The molecule has 0 atom stereocenters. The predicted octanol–water partition coefficient (Wildman–Crippen LogP) is 4.77. The van der Waals surface area contributed by atoms with Gasteiger partial charge >= 0.3 is 0 Å². The quantitative estimate of drug-likeness (QED) is 0.733. The fraction of sp³-hybridized carbons (Fsp3) is 0.0714. The number of hydrogen-bond donors (Lipinski definition) is 0. The molecule has 0 spiro atoms. The molecule has 0 aliphatic carbocycles. The molecule has 0 heterocycles. The summed E-state index contributed by atoms with van der Waals surface area (Å²) >= 11 is 9.63. The van der Waals surface area contributed by atoms with Crippen LogP contribution in [0.25, 0.3) is 11.1 Å². The second kappa shape index (κ2) is 5.35. The van der Waals surface area contributed by atoms with Gasteiger partial charge in [-0.25, -0.2) is 0 Å². The van der Waals surface area contributed by atoms with Gasteiger partial charge in [-0.3, -0.25) is 0 Å². The zero-order chi connectivity index (χ0) is 12.3. The number of rotatable bonds is 2. The van der Waals surface area contributed by atoms with E-state index in [0.29, 0.717) is 10.6 Å². The molecule has 0 unspecified atom stereocenters. The van der Waals surface area contributed by atoms with Gasteiger partial charge in [0.25, 0.3) is 0 Å². The Morgan fingerprint density at radius 3 is 2.53 bits per heavy atom. The summed E-state index contributed by atoms with van der Waals surface area (Å²) in [5.74, 6) is 0. The monoisotopic (exact) mass is 305 g/mol. The Labute approximate surface area is 114 Å². The van der Waals surface area contributed by atoms with Crippen LogP contribution in [0.1, 0.15) is 11.1 Å². The summed E-state index contributed by atoms with van der Waals surface area (Å²) in [5, 5.41) is 10.5. The lowest BCUT2D eigenvalue weighted by Gasteiger charge is -2.07. The van der Waals surface area contributed by atoms with Crippen LogP contribution in [-0.4, -0.2) is 0 Å². The SMILES string of the molecule is N#Cc1ccccc1-c1ccc(CBr)cc1Cl. The number of benzene rings is 2. The van der Waals surface area contributed by atoms with Crippen LogP contribution in [-0.2, 0) is 5.33 Å². The maximum atomic E-state index is 9.07. The second-order valence-corrected chi connectivity index (χ2v) is 4.57. The highest BCUT2D eigenvalue weighted by Gasteiger charge is 2.08. The van der Waals surface area contributed by atoms with Crippen LogP contribution < -0.4 is 0 Å². The van der Waals surface area contributed by atoms with E-state index in [-0.39, 0.29) is 0 Å². The third-order valence-electron chi connectivity index (χ3n) is 2.53. The fourth-order valence-electron chi connectivity index (χ4n) is 1.68. The molecule has 0 amide bonds. The van der Waals surface area contributed by atoms with Crippen molar-refractivity contribution in [3.63, 3.8) is 0 Å². The largest absolute Gasteiger partial charge is 0.192 e. The van der Waals surface area contributed by atoms with Gasteiger partial charge in [0, 0.05) is 21.5 Å². The molecule has 2 aromatic rings. The number of alkyl halides is 1. The Bertz CT molecular complexity index is 587. The smallest absolute Gasteiger partial charge is 0.0998 e. The topological polar surface area (TPSA) is 23.8 Å². The third-order valence-corrected chi connectivity index (χ3v) is 3.49. The zero-order valence-electron chi connectivity index (χ0n) is 8.95. The van der Waals surface area contributed by atoms with Gasteiger partial charge in [0.1, 0.15) is 0 Å². The first-order valence-electron chi connectivity index (χ1n) is 5.10. The Kier molecular flexibility index (Phi) is 3.83. The number of halogens is 2. The molecule has 0 aliphatic rings. The summed E-state index contributed by atoms with van der Waals surface area (Å²) in [6.45, 7) is 0. The van der Waals surface area contributed by atoms with Crippen LogP contribution in [0.4, 0.5) is 0 Å². The maximum absolute atomic E-state index is 9.07. The highest BCUT2D eigenvalue weighted by Crippen LogP contribution is 2.31. The van der Waals surface area contributed by atoms with Crippen molar-refractivity contribution in [1.29, 1.82) is 5.26 Å². The van der Waals surface area contributed by atoms with Crippen LogP contribution >= 0.6 is 27.5 Å². The van der Waals surface area contributed by atoms with Crippen LogP contribution in [0.3, 0.4) is 0 Å². The van der Waals surface area contributed by atoms with Crippen molar-refractivity contribution in [1.82, 2.24) is 0 Å². The molecule has 3 heteroatoms. The lowest BCUT2D eigenvalue weighted by Crippen LogP contribution is -1.86. The zero-order valence-corrected chi connectivity index (χ0v) is 11.3. The third kappa shape index (κ3) is 2.52. The minimum Gasteiger partial charge on any atom is -0.192 e. The van der Waals surface area contributed by atoms with Gasteiger partial charge in [-0.1, -0.05) is 57.9 Å². The van der Waals surface area contributed by atoms with Crippen molar-refractivity contribution in [2.45, 2.75) is 5.33 Å². The minimum absolute atomic E-state index is 0.640. The van der Waals surface area contributed by atoms with Crippen molar-refractivity contribution >= 4 is 27.5 Å². The lowest BCUT2D eigenvalue weighted by atomic mass is 9.99. The van der Waals surface area contributed by atoms with E-state index in [0.717, 1.165) is 22.0 Å². The van der Waals surface area contributed by atoms with E-state index >= 15 is 0 Å². The Balaban J connectivity index is 2.58. The van der Waals surface area contributed by atoms with Crippen LogP contribution in [0.5, 0.6) is 0 Å². The molecule has 84 valence electrons. The van der Waals surface area contributed by atoms with Gasteiger partial charge in [-0.15, -0.1) is 0 Å². The highest BCUT2D eigenvalue weighted by atomic mass is 79.9. The lowest BCUT2D eigenvalue weighted by molar-refractivity contribution is 1.43. The van der Waals surface area contributed by atoms with Gasteiger partial charge in [-0.2, -0.15) is 5.26 Å². The molecule has 2 rings (SSSR count). The molecule has 0 saturated heterocycles. The Morgan fingerprint density at radius 1 is 1.12 bits per heavy atom. The average Bonchev–Trinajstić information content (AvgIpc) is 2.38. The summed E-state index contributed by atoms with van der Waals surface area (Å²) in [4.78, 5) is 0. The average molecular weight is 307 g/mol. The van der Waals surface area contributed by atoms with Crippen LogP contribution in [0.15, 0.2) is 42.5 Å². The molecule has 17 heavy (non-hydrogen) atoms. The first-order valence-corrected chi connectivity index (χ1v) is 6.60. The predicted molar refractivity (Wildman–Crippen MR) is 74.2 cm³/mol. The van der Waals surface area contributed by atoms with Crippen molar-refractivity contribution in [2.24, 2.45) is 0 Å². The molecule has 0 fully saturated rings. The van der Waals surface area contributed by atoms with E-state index in [9.17, 15) is 0 Å². The van der Waals surface area contributed by atoms with Crippen molar-refractivity contribution in [3.05, 3.63) is 58.6 Å². The van der Waals surface area contributed by atoms with Gasteiger partial charge < -0.3 is 0 Å². The van der Waals surface area contributed by atoms with E-state index in [2.05, 4.69) is 22.0 Å². The number of hydrogen-bond acceptors (Lipinski definition) is 1. The molecule has 0 bridgehead atoms. The molecule has 0 aliphatic heterocycles. The summed E-state index contributed by atoms with van der Waals surface area (Å²) in [5.41, 5.74) is 3.53. The van der Waals surface area contributed by atoms with Crippen molar-refractivity contribution < 1.29 is 0 Å². The second-order valence-electron chi connectivity index (χ2n) is 3.61. The summed E-state index contributed by atoms with van der Waals surface area (Å²) < 4.78 is 0. The fourth-order valence-corrected chi connectivity index (χ4v) is 2.33. The van der Waals surface area contributed by atoms with Gasteiger partial charge in [0.05, 0.1) is 11.6 Å². The molecular formula is C14H9BrClN. The molecule has 0 N–H and O–H groups in total. The number of nitrogens with zero attached hydrogens (tertiary/aromatic N) is 1. The summed E-state index contributed by atoms with van der Waals surface area (Å²) in [6.07, 6.45) is 0. The van der Waals surface area contributed by atoms with Gasteiger partial charge in [-0.05, 0) is 17.7 Å². The summed E-state index contributed by atoms with van der Waals surface area (Å²) in [6, 6.07) is 15.5. The first kappa shape index (κ1) is 12.2. The molecular weight excluding hydrogens is 298 g/mol. The Hall–Kier alpha value is -1.30. The molecule has 0 saturated carbocycles. The normalized spacial score (nSPS) is 9.94. The van der Waals surface area contributed by atoms with E-state index < -0.39 is 0 Å².